The highest BCUT2D eigenvalue weighted by molar-refractivity contribution is 5.80. The Bertz CT molecular complexity index is 213. The molecule has 0 radical (unpaired) electrons. The van der Waals surface area contributed by atoms with Gasteiger partial charge in [0.15, 0.2) is 0 Å². The third-order valence-corrected chi connectivity index (χ3v) is 3.33. The summed E-state index contributed by atoms with van der Waals surface area (Å²) in [5, 5.41) is 9.44. The van der Waals surface area contributed by atoms with Crippen LogP contribution in [-0.2, 0) is 4.79 Å². The molecule has 1 aliphatic heterocycles. The zero-order valence-electron chi connectivity index (χ0n) is 9.44. The molecule has 2 unspecified atom stereocenters. The van der Waals surface area contributed by atoms with Crippen molar-refractivity contribution in [3.05, 3.63) is 0 Å². The number of hydrazine groups is 1. The molecule has 1 fully saturated rings. The van der Waals surface area contributed by atoms with E-state index in [1.807, 2.05) is 13.8 Å². The van der Waals surface area contributed by atoms with Crippen LogP contribution in [0.1, 0.15) is 26.7 Å². The molecular formula is C10H21N3O2. The first-order valence-electron chi connectivity index (χ1n) is 5.48. The van der Waals surface area contributed by atoms with Gasteiger partial charge in [-0.2, -0.15) is 0 Å². The van der Waals surface area contributed by atoms with E-state index in [4.69, 9.17) is 5.84 Å². The fourth-order valence-corrected chi connectivity index (χ4v) is 2.08. The van der Waals surface area contributed by atoms with Crippen molar-refractivity contribution in [2.45, 2.75) is 38.8 Å². The summed E-state index contributed by atoms with van der Waals surface area (Å²) in [4.78, 5) is 13.4. The van der Waals surface area contributed by atoms with E-state index in [0.717, 1.165) is 25.9 Å². The molecule has 1 saturated heterocycles. The van der Waals surface area contributed by atoms with E-state index in [-0.39, 0.29) is 18.1 Å². The predicted octanol–water partition coefficient (Wildman–Crippen LogP) is -0.542. The third-order valence-electron chi connectivity index (χ3n) is 3.33. The lowest BCUT2D eigenvalue weighted by Crippen LogP contribution is -2.50. The summed E-state index contributed by atoms with van der Waals surface area (Å²) in [6.07, 6.45) is 1.64. The molecule has 88 valence electrons. The number of carbonyl (C=O) groups excluding carboxylic acids is 1. The van der Waals surface area contributed by atoms with Crippen molar-refractivity contribution in [2.24, 2.45) is 11.8 Å². The van der Waals surface area contributed by atoms with Crippen LogP contribution in [0, 0.1) is 5.92 Å². The third kappa shape index (κ3) is 3.15. The van der Waals surface area contributed by atoms with Crippen molar-refractivity contribution >= 4 is 5.91 Å². The van der Waals surface area contributed by atoms with Gasteiger partial charge in [-0.25, -0.2) is 5.84 Å². The van der Waals surface area contributed by atoms with Crippen LogP contribution in [0.5, 0.6) is 0 Å². The second-order valence-electron chi connectivity index (χ2n) is 4.30. The second kappa shape index (κ2) is 5.44. The number of likely N-dealkylation sites (tertiary alicyclic amines) is 1. The number of nitrogens with two attached hydrogens (primary N) is 1. The number of rotatable bonds is 3. The number of nitrogens with one attached hydrogen (secondary N) is 1. The molecular weight excluding hydrogens is 194 g/mol. The smallest absolute Gasteiger partial charge is 0.250 e. The summed E-state index contributed by atoms with van der Waals surface area (Å²) in [5.74, 6) is 5.31. The predicted molar refractivity (Wildman–Crippen MR) is 57.8 cm³/mol. The zero-order valence-corrected chi connectivity index (χ0v) is 9.44. The van der Waals surface area contributed by atoms with E-state index in [2.05, 4.69) is 10.3 Å². The number of nitrogens with zero attached hydrogens (tertiary/aromatic N) is 1. The van der Waals surface area contributed by atoms with Crippen molar-refractivity contribution in [1.82, 2.24) is 10.3 Å². The van der Waals surface area contributed by atoms with Gasteiger partial charge in [-0.3, -0.25) is 15.1 Å². The highest BCUT2D eigenvalue weighted by Gasteiger charge is 2.27. The lowest BCUT2D eigenvalue weighted by atomic mass is 9.91. The van der Waals surface area contributed by atoms with Crippen LogP contribution in [0.2, 0.25) is 0 Å². The SMILES string of the molecule is CC(O)C1CCN(C(C)C(=O)NN)CC1. The Kier molecular flexibility index (Phi) is 4.50. The van der Waals surface area contributed by atoms with E-state index >= 15 is 0 Å². The zero-order chi connectivity index (χ0) is 11.4. The molecule has 15 heavy (non-hydrogen) atoms. The van der Waals surface area contributed by atoms with Gasteiger partial charge in [-0.05, 0) is 45.7 Å². The number of hydrogen-bond acceptors (Lipinski definition) is 4. The summed E-state index contributed by atoms with van der Waals surface area (Å²) >= 11 is 0. The van der Waals surface area contributed by atoms with E-state index in [1.54, 1.807) is 0 Å². The molecule has 2 atom stereocenters. The van der Waals surface area contributed by atoms with Crippen LogP contribution in [0.3, 0.4) is 0 Å². The van der Waals surface area contributed by atoms with Gasteiger partial charge >= 0.3 is 0 Å². The van der Waals surface area contributed by atoms with Crippen LogP contribution in [0.15, 0.2) is 0 Å². The van der Waals surface area contributed by atoms with Crippen molar-refractivity contribution in [3.8, 4) is 0 Å². The van der Waals surface area contributed by atoms with Gasteiger partial charge < -0.3 is 5.11 Å². The summed E-state index contributed by atoms with van der Waals surface area (Å²) < 4.78 is 0. The van der Waals surface area contributed by atoms with E-state index in [1.165, 1.54) is 0 Å². The van der Waals surface area contributed by atoms with Crippen molar-refractivity contribution in [1.29, 1.82) is 0 Å². The van der Waals surface area contributed by atoms with Gasteiger partial charge in [-0.1, -0.05) is 0 Å². The maximum Gasteiger partial charge on any atom is 0.250 e. The number of piperidine rings is 1. The Morgan fingerprint density at radius 2 is 2.00 bits per heavy atom. The van der Waals surface area contributed by atoms with Gasteiger partial charge in [0.2, 0.25) is 0 Å². The summed E-state index contributed by atoms with van der Waals surface area (Å²) in [6, 6.07) is -0.176. The summed E-state index contributed by atoms with van der Waals surface area (Å²) in [6.45, 7) is 5.38. The minimum atomic E-state index is -0.245. The average molecular weight is 215 g/mol. The molecule has 1 aliphatic rings. The quantitative estimate of drug-likeness (QED) is 0.335. The number of aliphatic hydroxyl groups is 1. The number of carbonyl (C=O) groups is 1. The van der Waals surface area contributed by atoms with Crippen molar-refractivity contribution in [2.75, 3.05) is 13.1 Å². The molecule has 0 spiro atoms. The Balaban J connectivity index is 2.40. The Hall–Kier alpha value is -0.650. The monoisotopic (exact) mass is 215 g/mol. The Morgan fingerprint density at radius 3 is 2.40 bits per heavy atom. The fraction of sp³-hybridized carbons (Fsp3) is 0.900. The Labute approximate surface area is 90.6 Å². The largest absolute Gasteiger partial charge is 0.393 e. The first-order valence-corrected chi connectivity index (χ1v) is 5.48. The lowest BCUT2D eigenvalue weighted by Gasteiger charge is -2.36. The molecule has 0 aliphatic carbocycles. The molecule has 0 aromatic rings. The fourth-order valence-electron chi connectivity index (χ4n) is 2.08. The normalized spacial score (nSPS) is 23.5. The maximum absolute atomic E-state index is 11.3. The van der Waals surface area contributed by atoms with E-state index in [0.29, 0.717) is 5.92 Å². The molecule has 0 aromatic heterocycles. The lowest BCUT2D eigenvalue weighted by molar-refractivity contribution is -0.126. The highest BCUT2D eigenvalue weighted by Crippen LogP contribution is 2.21. The van der Waals surface area contributed by atoms with Gasteiger partial charge in [0, 0.05) is 0 Å². The minimum Gasteiger partial charge on any atom is -0.393 e. The summed E-state index contributed by atoms with van der Waals surface area (Å²) in [7, 11) is 0. The highest BCUT2D eigenvalue weighted by atomic mass is 16.3. The van der Waals surface area contributed by atoms with Crippen LogP contribution >= 0.6 is 0 Å². The van der Waals surface area contributed by atoms with Gasteiger partial charge in [-0.15, -0.1) is 0 Å². The van der Waals surface area contributed by atoms with Crippen LogP contribution in [0.4, 0.5) is 0 Å². The van der Waals surface area contributed by atoms with Crippen molar-refractivity contribution < 1.29 is 9.90 Å². The number of hydrogen-bond donors (Lipinski definition) is 3. The van der Waals surface area contributed by atoms with Crippen LogP contribution in [-0.4, -0.2) is 41.1 Å². The van der Waals surface area contributed by atoms with Gasteiger partial charge in [0.25, 0.3) is 5.91 Å². The molecule has 0 saturated carbocycles. The summed E-state index contributed by atoms with van der Waals surface area (Å²) in [5.41, 5.74) is 2.17. The van der Waals surface area contributed by atoms with E-state index < -0.39 is 0 Å². The number of aliphatic hydroxyl groups excluding tert-OH is 1. The molecule has 1 rings (SSSR count). The Morgan fingerprint density at radius 1 is 1.47 bits per heavy atom. The molecule has 5 nitrogen and oxygen atoms in total. The first kappa shape index (κ1) is 12.4. The second-order valence-corrected chi connectivity index (χ2v) is 4.30. The minimum absolute atomic E-state index is 0.148. The van der Waals surface area contributed by atoms with Crippen LogP contribution < -0.4 is 11.3 Å². The van der Waals surface area contributed by atoms with Gasteiger partial charge in [0.1, 0.15) is 0 Å². The molecule has 5 heteroatoms. The van der Waals surface area contributed by atoms with Crippen molar-refractivity contribution in [3.63, 3.8) is 0 Å². The molecule has 0 aromatic carbocycles. The average Bonchev–Trinajstić information content (AvgIpc) is 2.27. The van der Waals surface area contributed by atoms with E-state index in [9.17, 15) is 9.90 Å². The van der Waals surface area contributed by atoms with Gasteiger partial charge in [0.05, 0.1) is 12.1 Å². The first-order chi connectivity index (χ1) is 7.06. The molecule has 4 N–H and O–H groups in total. The standard InChI is InChI=1S/C10H21N3O2/c1-7(10(15)12-11)13-5-3-9(4-6-13)8(2)14/h7-9,14H,3-6,11H2,1-2H3,(H,12,15). The number of amides is 1. The maximum atomic E-state index is 11.3. The molecule has 0 bridgehead atoms. The molecule has 1 heterocycles. The van der Waals surface area contributed by atoms with Crippen LogP contribution in [0.25, 0.3) is 0 Å². The molecule has 1 amide bonds. The topological polar surface area (TPSA) is 78.6 Å².